The first-order chi connectivity index (χ1) is 17.9. The quantitative estimate of drug-likeness (QED) is 0.373. The molecule has 3 heterocycles. The average Bonchev–Trinajstić information content (AvgIpc) is 2.92. The van der Waals surface area contributed by atoms with E-state index in [2.05, 4.69) is 14.7 Å². The van der Waals surface area contributed by atoms with E-state index in [-0.39, 0.29) is 39.9 Å². The van der Waals surface area contributed by atoms with Crippen LogP contribution in [0, 0.1) is 0 Å². The molecule has 0 fully saturated rings. The van der Waals surface area contributed by atoms with Crippen LogP contribution in [0.4, 0.5) is 5.69 Å². The largest absolute Gasteiger partial charge is 0.506 e. The van der Waals surface area contributed by atoms with Gasteiger partial charge in [0.2, 0.25) is 0 Å². The number of anilines is 1. The molecule has 0 bridgehead atoms. The molecule has 3 aromatic carbocycles. The molecule has 0 unspecified atom stereocenters. The molecule has 0 aliphatic carbocycles. The van der Waals surface area contributed by atoms with Crippen LogP contribution in [0.5, 0.6) is 5.75 Å². The van der Waals surface area contributed by atoms with E-state index in [4.69, 9.17) is 0 Å². The standard InChI is InChI=1S/C28H20N4O4S/c33-25-21-9-6-16-29-27(21)32(17-18-12-14-20(15-13-18)19-7-2-1-3-8-19)28(34)24(25)26-30-22-10-4-5-11-23(22)37(35,36)31-26/h1-16,33H,17H2,(H,30,31). The lowest BCUT2D eigenvalue weighted by molar-refractivity contribution is 0.477. The van der Waals surface area contributed by atoms with Crippen molar-refractivity contribution in [2.45, 2.75) is 11.4 Å². The van der Waals surface area contributed by atoms with Crippen molar-refractivity contribution in [2.24, 2.45) is 4.40 Å². The molecule has 182 valence electrons. The Balaban J connectivity index is 1.48. The number of sulfonamides is 1. The van der Waals surface area contributed by atoms with Crippen molar-refractivity contribution in [1.82, 2.24) is 9.55 Å². The average molecular weight is 509 g/mol. The van der Waals surface area contributed by atoms with Crippen molar-refractivity contribution in [3.63, 3.8) is 0 Å². The van der Waals surface area contributed by atoms with Crippen LogP contribution in [0.3, 0.4) is 0 Å². The van der Waals surface area contributed by atoms with E-state index in [0.717, 1.165) is 16.7 Å². The van der Waals surface area contributed by atoms with Crippen molar-refractivity contribution in [3.8, 4) is 16.9 Å². The summed E-state index contributed by atoms with van der Waals surface area (Å²) in [6, 6.07) is 27.3. The lowest BCUT2D eigenvalue weighted by atomic mass is 10.0. The van der Waals surface area contributed by atoms with Crippen LogP contribution in [0.15, 0.2) is 111 Å². The molecular weight excluding hydrogens is 488 g/mol. The summed E-state index contributed by atoms with van der Waals surface area (Å²) in [6.07, 6.45) is 1.53. The van der Waals surface area contributed by atoms with Gasteiger partial charge in [0.1, 0.15) is 21.9 Å². The van der Waals surface area contributed by atoms with E-state index in [1.54, 1.807) is 30.3 Å². The molecule has 6 rings (SSSR count). The number of aromatic nitrogens is 2. The Morgan fingerprint density at radius 2 is 1.54 bits per heavy atom. The minimum atomic E-state index is -4.08. The molecule has 1 aliphatic rings. The minimum absolute atomic E-state index is 0.000438. The fraction of sp³-hybridized carbons (Fsp3) is 0.0357. The molecule has 8 nitrogen and oxygen atoms in total. The summed E-state index contributed by atoms with van der Waals surface area (Å²) in [4.78, 5) is 18.1. The Morgan fingerprint density at radius 3 is 2.32 bits per heavy atom. The smallest absolute Gasteiger partial charge is 0.286 e. The van der Waals surface area contributed by atoms with E-state index in [0.29, 0.717) is 5.39 Å². The first kappa shape index (κ1) is 22.7. The van der Waals surface area contributed by atoms with Gasteiger partial charge in [0.25, 0.3) is 15.6 Å². The summed E-state index contributed by atoms with van der Waals surface area (Å²) in [5.41, 5.74) is 2.66. The Morgan fingerprint density at radius 1 is 0.838 bits per heavy atom. The molecule has 0 saturated carbocycles. The summed E-state index contributed by atoms with van der Waals surface area (Å²) in [5.74, 6) is -0.621. The van der Waals surface area contributed by atoms with E-state index >= 15 is 0 Å². The Hall–Kier alpha value is -4.76. The third-order valence-electron chi connectivity index (χ3n) is 6.26. The lowest BCUT2D eigenvalue weighted by Gasteiger charge is -2.20. The molecule has 0 saturated heterocycles. The number of benzene rings is 3. The molecule has 0 spiro atoms. The highest BCUT2D eigenvalue weighted by Crippen LogP contribution is 2.32. The van der Waals surface area contributed by atoms with E-state index < -0.39 is 15.6 Å². The number of nitrogens with one attached hydrogen (secondary N) is 1. The second-order valence-corrected chi connectivity index (χ2v) is 10.2. The molecular formula is C28H20N4O4S. The predicted octanol–water partition coefficient (Wildman–Crippen LogP) is 4.38. The van der Waals surface area contributed by atoms with Gasteiger partial charge in [0.05, 0.1) is 17.6 Å². The topological polar surface area (TPSA) is 114 Å². The van der Waals surface area contributed by atoms with Gasteiger partial charge in [-0.3, -0.25) is 9.36 Å². The molecule has 2 N–H and O–H groups in total. The Bertz CT molecular complexity index is 1860. The molecule has 0 atom stereocenters. The number of para-hydroxylation sites is 1. The Labute approximate surface area is 212 Å². The molecule has 37 heavy (non-hydrogen) atoms. The maximum absolute atomic E-state index is 13.8. The van der Waals surface area contributed by atoms with Gasteiger partial charge in [-0.15, -0.1) is 4.40 Å². The van der Waals surface area contributed by atoms with Crippen molar-refractivity contribution in [2.75, 3.05) is 5.32 Å². The van der Waals surface area contributed by atoms with Gasteiger partial charge in [-0.05, 0) is 41.0 Å². The number of hydrogen-bond acceptors (Lipinski definition) is 6. The fourth-order valence-electron chi connectivity index (χ4n) is 4.46. The van der Waals surface area contributed by atoms with Gasteiger partial charge in [0, 0.05) is 6.20 Å². The van der Waals surface area contributed by atoms with Crippen molar-refractivity contribution in [3.05, 3.63) is 119 Å². The molecule has 0 amide bonds. The minimum Gasteiger partial charge on any atom is -0.506 e. The zero-order chi connectivity index (χ0) is 25.6. The zero-order valence-corrected chi connectivity index (χ0v) is 20.2. The van der Waals surface area contributed by atoms with E-state index in [9.17, 15) is 18.3 Å². The lowest BCUT2D eigenvalue weighted by Crippen LogP contribution is -2.33. The number of fused-ring (bicyclic) bond motifs is 2. The maximum atomic E-state index is 13.8. The maximum Gasteiger partial charge on any atom is 0.286 e. The van der Waals surface area contributed by atoms with Gasteiger partial charge in [-0.1, -0.05) is 66.7 Å². The molecule has 5 aromatic rings. The Kier molecular flexibility index (Phi) is 5.35. The van der Waals surface area contributed by atoms with E-state index in [1.807, 2.05) is 54.6 Å². The predicted molar refractivity (Wildman–Crippen MR) is 142 cm³/mol. The summed E-state index contributed by atoms with van der Waals surface area (Å²) in [6.45, 7) is 0.158. The highest BCUT2D eigenvalue weighted by molar-refractivity contribution is 7.90. The summed E-state index contributed by atoms with van der Waals surface area (Å²) in [5, 5.41) is 14.3. The van der Waals surface area contributed by atoms with Crippen LogP contribution in [-0.4, -0.2) is 28.9 Å². The molecule has 1 aliphatic heterocycles. The van der Waals surface area contributed by atoms with Gasteiger partial charge in [-0.25, -0.2) is 4.98 Å². The van der Waals surface area contributed by atoms with Crippen LogP contribution in [0.25, 0.3) is 22.2 Å². The second-order valence-electron chi connectivity index (χ2n) is 8.59. The fourth-order valence-corrected chi connectivity index (χ4v) is 5.59. The van der Waals surface area contributed by atoms with Gasteiger partial charge in [0.15, 0.2) is 5.84 Å². The van der Waals surface area contributed by atoms with Crippen molar-refractivity contribution >= 4 is 32.6 Å². The first-order valence-corrected chi connectivity index (χ1v) is 12.9. The van der Waals surface area contributed by atoms with Crippen LogP contribution in [0.1, 0.15) is 11.1 Å². The van der Waals surface area contributed by atoms with Crippen LogP contribution < -0.4 is 10.9 Å². The van der Waals surface area contributed by atoms with Crippen molar-refractivity contribution < 1.29 is 13.5 Å². The highest BCUT2D eigenvalue weighted by Gasteiger charge is 2.29. The van der Waals surface area contributed by atoms with Gasteiger partial charge in [-0.2, -0.15) is 8.42 Å². The number of amidine groups is 1. The monoisotopic (exact) mass is 508 g/mol. The zero-order valence-electron chi connectivity index (χ0n) is 19.4. The summed E-state index contributed by atoms with van der Waals surface area (Å²) >= 11 is 0. The second kappa shape index (κ2) is 8.72. The van der Waals surface area contributed by atoms with Crippen LogP contribution in [-0.2, 0) is 16.6 Å². The van der Waals surface area contributed by atoms with Crippen molar-refractivity contribution in [1.29, 1.82) is 0 Å². The highest BCUT2D eigenvalue weighted by atomic mass is 32.2. The van der Waals surface area contributed by atoms with Gasteiger partial charge >= 0.3 is 0 Å². The summed E-state index contributed by atoms with van der Waals surface area (Å²) < 4.78 is 30.9. The normalized spacial score (nSPS) is 14.0. The SMILES string of the molecule is O=c1c(C2=NS(=O)(=O)c3ccccc3N2)c(O)c2cccnc2n1Cc1ccc(-c2ccccc2)cc1. The number of aromatic hydroxyl groups is 1. The first-order valence-electron chi connectivity index (χ1n) is 11.5. The third-order valence-corrected chi connectivity index (χ3v) is 7.60. The number of rotatable bonds is 4. The molecule has 0 radical (unpaired) electrons. The van der Waals surface area contributed by atoms with Crippen LogP contribution >= 0.6 is 0 Å². The third kappa shape index (κ3) is 3.95. The van der Waals surface area contributed by atoms with Gasteiger partial charge < -0.3 is 10.4 Å². The van der Waals surface area contributed by atoms with E-state index in [1.165, 1.54) is 16.8 Å². The summed E-state index contributed by atoms with van der Waals surface area (Å²) in [7, 11) is -4.08. The number of nitrogens with zero attached hydrogens (tertiary/aromatic N) is 3. The number of pyridine rings is 2. The molecule has 9 heteroatoms. The number of hydrogen-bond donors (Lipinski definition) is 2. The van der Waals surface area contributed by atoms with Crippen LogP contribution in [0.2, 0.25) is 0 Å². The molecule has 2 aromatic heterocycles.